The standard InChI is InChI=1S/C18H16N4O5S/c1-11-6-16-15(12(10-20-22-19)7-18(23)27-16)9-17(11)28(24,25)21-13-4-3-5-14(8-13)26-2/h3-9,21H,10H2,1-2H3. The molecule has 0 amide bonds. The number of hydrogen-bond acceptors (Lipinski definition) is 6. The molecule has 1 heterocycles. The summed E-state index contributed by atoms with van der Waals surface area (Å²) in [5.41, 5.74) is 9.26. The third kappa shape index (κ3) is 3.93. The number of fused-ring (bicyclic) bond motifs is 1. The van der Waals surface area contributed by atoms with Gasteiger partial charge in [-0.15, -0.1) is 0 Å². The molecule has 3 rings (SSSR count). The molecule has 1 aromatic heterocycles. The molecule has 1 N–H and O–H groups in total. The number of nitrogens with one attached hydrogen (secondary N) is 1. The van der Waals surface area contributed by atoms with E-state index in [-0.39, 0.29) is 17.0 Å². The molecule has 0 bridgehead atoms. The second-order valence-corrected chi connectivity index (χ2v) is 7.58. The van der Waals surface area contributed by atoms with Crippen molar-refractivity contribution >= 4 is 26.7 Å². The van der Waals surface area contributed by atoms with E-state index in [1.165, 1.54) is 25.3 Å². The number of ether oxygens (including phenoxy) is 1. The Bertz CT molecular complexity index is 1260. The minimum Gasteiger partial charge on any atom is -0.497 e. The van der Waals surface area contributed by atoms with Crippen LogP contribution < -0.4 is 15.1 Å². The first-order chi connectivity index (χ1) is 13.3. The molecule has 0 saturated heterocycles. The zero-order valence-corrected chi connectivity index (χ0v) is 15.9. The molecule has 0 spiro atoms. The maximum atomic E-state index is 12.9. The maximum Gasteiger partial charge on any atom is 0.336 e. The summed E-state index contributed by atoms with van der Waals surface area (Å²) in [6, 6.07) is 10.6. The van der Waals surface area contributed by atoms with Gasteiger partial charge in [-0.05, 0) is 47.8 Å². The molecule has 28 heavy (non-hydrogen) atoms. The van der Waals surface area contributed by atoms with Crippen molar-refractivity contribution in [2.24, 2.45) is 5.11 Å². The number of benzene rings is 2. The molecule has 0 fully saturated rings. The van der Waals surface area contributed by atoms with Crippen LogP contribution in [0.15, 0.2) is 61.7 Å². The number of hydrogen-bond donors (Lipinski definition) is 1. The van der Waals surface area contributed by atoms with Crippen LogP contribution in [0.25, 0.3) is 21.4 Å². The minimum absolute atomic E-state index is 0.0128. The van der Waals surface area contributed by atoms with Gasteiger partial charge in [0.1, 0.15) is 11.3 Å². The van der Waals surface area contributed by atoms with Crippen LogP contribution in [-0.4, -0.2) is 15.5 Å². The molecule has 0 aliphatic heterocycles. The highest BCUT2D eigenvalue weighted by Crippen LogP contribution is 2.28. The fourth-order valence-corrected chi connectivity index (χ4v) is 4.08. The largest absolute Gasteiger partial charge is 0.497 e. The minimum atomic E-state index is -3.94. The Labute approximate surface area is 160 Å². The molecule has 10 heteroatoms. The Hall–Kier alpha value is -3.49. The summed E-state index contributed by atoms with van der Waals surface area (Å²) in [5, 5.41) is 3.83. The Morgan fingerprint density at radius 2 is 2.04 bits per heavy atom. The van der Waals surface area contributed by atoms with Crippen LogP contribution in [0, 0.1) is 6.92 Å². The van der Waals surface area contributed by atoms with Gasteiger partial charge in [0.2, 0.25) is 0 Å². The van der Waals surface area contributed by atoms with Gasteiger partial charge in [0.25, 0.3) is 10.0 Å². The van der Waals surface area contributed by atoms with Crippen molar-refractivity contribution in [3.63, 3.8) is 0 Å². The summed E-state index contributed by atoms with van der Waals surface area (Å²) >= 11 is 0. The first-order valence-corrected chi connectivity index (χ1v) is 9.57. The third-order valence-electron chi connectivity index (χ3n) is 4.04. The molecular formula is C18H16N4O5S. The molecule has 9 nitrogen and oxygen atoms in total. The first kappa shape index (κ1) is 19.3. The first-order valence-electron chi connectivity index (χ1n) is 8.09. The Balaban J connectivity index is 2.13. The van der Waals surface area contributed by atoms with Crippen molar-refractivity contribution < 1.29 is 17.6 Å². The quantitative estimate of drug-likeness (QED) is 0.291. The lowest BCUT2D eigenvalue weighted by Gasteiger charge is -2.13. The van der Waals surface area contributed by atoms with E-state index in [0.29, 0.717) is 28.0 Å². The van der Waals surface area contributed by atoms with Gasteiger partial charge in [0, 0.05) is 22.4 Å². The number of anilines is 1. The molecule has 0 saturated carbocycles. The second kappa shape index (κ2) is 7.63. The smallest absolute Gasteiger partial charge is 0.336 e. The molecule has 0 radical (unpaired) electrons. The number of nitrogens with zero attached hydrogens (tertiary/aromatic N) is 3. The zero-order chi connectivity index (χ0) is 20.3. The van der Waals surface area contributed by atoms with Crippen LogP contribution in [0.3, 0.4) is 0 Å². The van der Waals surface area contributed by atoms with Gasteiger partial charge in [0.05, 0.1) is 24.2 Å². The van der Waals surface area contributed by atoms with Gasteiger partial charge in [-0.1, -0.05) is 11.2 Å². The summed E-state index contributed by atoms with van der Waals surface area (Å²) in [6.07, 6.45) is 0. The van der Waals surface area contributed by atoms with E-state index >= 15 is 0 Å². The van der Waals surface area contributed by atoms with Crippen LogP contribution >= 0.6 is 0 Å². The average molecular weight is 400 g/mol. The molecule has 144 valence electrons. The lowest BCUT2D eigenvalue weighted by molar-refractivity contribution is 0.415. The summed E-state index contributed by atoms with van der Waals surface area (Å²) in [4.78, 5) is 14.4. The third-order valence-corrected chi connectivity index (χ3v) is 5.56. The van der Waals surface area contributed by atoms with Crippen molar-refractivity contribution in [1.82, 2.24) is 0 Å². The molecule has 0 aliphatic rings. The SMILES string of the molecule is COc1cccc(NS(=O)(=O)c2cc3c(CN=[N+]=[N-])cc(=O)oc3cc2C)c1. The van der Waals surface area contributed by atoms with E-state index in [4.69, 9.17) is 14.7 Å². The average Bonchev–Trinajstić information content (AvgIpc) is 2.65. The van der Waals surface area contributed by atoms with Crippen LogP contribution in [0.5, 0.6) is 5.75 Å². The van der Waals surface area contributed by atoms with Crippen LogP contribution in [0.4, 0.5) is 5.69 Å². The van der Waals surface area contributed by atoms with E-state index < -0.39 is 15.6 Å². The van der Waals surface area contributed by atoms with Crippen LogP contribution in [0.1, 0.15) is 11.1 Å². The summed E-state index contributed by atoms with van der Waals surface area (Å²) < 4.78 is 38.6. The van der Waals surface area contributed by atoms with Crippen molar-refractivity contribution in [3.05, 3.63) is 74.5 Å². The fourth-order valence-electron chi connectivity index (χ4n) is 2.78. The molecule has 0 aliphatic carbocycles. The maximum absolute atomic E-state index is 12.9. The normalized spacial score (nSPS) is 11.1. The molecular weight excluding hydrogens is 384 g/mol. The summed E-state index contributed by atoms with van der Waals surface area (Å²) in [7, 11) is -2.45. The molecule has 3 aromatic rings. The number of azide groups is 1. The van der Waals surface area contributed by atoms with E-state index in [9.17, 15) is 13.2 Å². The number of methoxy groups -OCH3 is 1. The van der Waals surface area contributed by atoms with Crippen LogP contribution in [0.2, 0.25) is 0 Å². The lowest BCUT2D eigenvalue weighted by Crippen LogP contribution is -2.14. The Morgan fingerprint density at radius 3 is 2.75 bits per heavy atom. The van der Waals surface area contributed by atoms with Gasteiger partial charge >= 0.3 is 5.63 Å². The predicted molar refractivity (Wildman–Crippen MR) is 104 cm³/mol. The number of sulfonamides is 1. The van der Waals surface area contributed by atoms with E-state index in [1.54, 1.807) is 31.2 Å². The second-order valence-electron chi connectivity index (χ2n) is 5.93. The fraction of sp³-hybridized carbons (Fsp3) is 0.167. The Kier molecular flexibility index (Phi) is 5.25. The van der Waals surface area contributed by atoms with Gasteiger partial charge in [-0.25, -0.2) is 13.2 Å². The molecule has 0 atom stereocenters. The lowest BCUT2D eigenvalue weighted by atomic mass is 10.1. The summed E-state index contributed by atoms with van der Waals surface area (Å²) in [6.45, 7) is 1.49. The van der Waals surface area contributed by atoms with Gasteiger partial charge < -0.3 is 9.15 Å². The van der Waals surface area contributed by atoms with Crippen molar-refractivity contribution in [2.45, 2.75) is 18.4 Å². The summed E-state index contributed by atoms with van der Waals surface area (Å²) in [5.74, 6) is 0.508. The van der Waals surface area contributed by atoms with Gasteiger partial charge in [0.15, 0.2) is 0 Å². The van der Waals surface area contributed by atoms with Crippen LogP contribution in [-0.2, 0) is 16.6 Å². The number of rotatable bonds is 6. The molecule has 0 unspecified atom stereocenters. The molecule has 2 aromatic carbocycles. The topological polar surface area (TPSA) is 134 Å². The highest BCUT2D eigenvalue weighted by Gasteiger charge is 2.20. The predicted octanol–water partition coefficient (Wildman–Crippen LogP) is 3.72. The zero-order valence-electron chi connectivity index (χ0n) is 15.0. The number of aryl methyl sites for hydroxylation is 1. The van der Waals surface area contributed by atoms with E-state index in [1.807, 2.05) is 0 Å². The van der Waals surface area contributed by atoms with E-state index in [2.05, 4.69) is 14.7 Å². The Morgan fingerprint density at radius 1 is 1.25 bits per heavy atom. The van der Waals surface area contributed by atoms with Crippen molar-refractivity contribution in [2.75, 3.05) is 11.8 Å². The van der Waals surface area contributed by atoms with Gasteiger partial charge in [-0.3, -0.25) is 4.72 Å². The monoisotopic (exact) mass is 400 g/mol. The highest BCUT2D eigenvalue weighted by atomic mass is 32.2. The van der Waals surface area contributed by atoms with E-state index in [0.717, 1.165) is 0 Å². The van der Waals surface area contributed by atoms with Crippen molar-refractivity contribution in [1.29, 1.82) is 0 Å². The highest BCUT2D eigenvalue weighted by molar-refractivity contribution is 7.92. The van der Waals surface area contributed by atoms with Gasteiger partial charge in [-0.2, -0.15) is 0 Å². The van der Waals surface area contributed by atoms with Crippen molar-refractivity contribution in [3.8, 4) is 5.75 Å².